The lowest BCUT2D eigenvalue weighted by Crippen LogP contribution is -2.34. The molecule has 112 valence electrons. The maximum Gasteiger partial charge on any atom is 0.250 e. The number of nitrogens with one attached hydrogen (secondary N) is 1. The Balaban J connectivity index is 2.26. The van der Waals surface area contributed by atoms with Gasteiger partial charge in [0, 0.05) is 30.9 Å². The summed E-state index contributed by atoms with van der Waals surface area (Å²) in [4.78, 5) is 14.6. The standard InChI is InChI=1S/C16H27N3O/c1-4-18(5-2)11-12-19-15-8-6-7-14(17-3)13(15)9-10-16(19)20/h9-10,14,17H,4-8,11-12H2,1-3H3. The van der Waals surface area contributed by atoms with E-state index in [1.54, 1.807) is 6.07 Å². The number of aromatic nitrogens is 1. The first-order chi connectivity index (χ1) is 9.71. The molecule has 0 amide bonds. The van der Waals surface area contributed by atoms with Crippen LogP contribution in [0.25, 0.3) is 0 Å². The summed E-state index contributed by atoms with van der Waals surface area (Å²) in [5.74, 6) is 0. The normalized spacial score (nSPS) is 18.3. The van der Waals surface area contributed by atoms with Crippen LogP contribution in [-0.2, 0) is 13.0 Å². The summed E-state index contributed by atoms with van der Waals surface area (Å²) in [7, 11) is 2.01. The van der Waals surface area contributed by atoms with Gasteiger partial charge in [0.2, 0.25) is 0 Å². The van der Waals surface area contributed by atoms with Gasteiger partial charge < -0.3 is 14.8 Å². The van der Waals surface area contributed by atoms with Gasteiger partial charge in [-0.3, -0.25) is 4.79 Å². The van der Waals surface area contributed by atoms with E-state index in [2.05, 4.69) is 24.1 Å². The molecule has 1 atom stereocenters. The molecule has 2 rings (SSSR count). The highest BCUT2D eigenvalue weighted by molar-refractivity contribution is 5.27. The SMILES string of the molecule is CCN(CC)CCn1c2c(ccc1=O)C(NC)CCC2. The van der Waals surface area contributed by atoms with E-state index in [9.17, 15) is 4.79 Å². The monoisotopic (exact) mass is 277 g/mol. The predicted molar refractivity (Wildman–Crippen MR) is 83.2 cm³/mol. The molecule has 0 bridgehead atoms. The van der Waals surface area contributed by atoms with Gasteiger partial charge in [0.25, 0.3) is 5.56 Å². The molecule has 0 spiro atoms. The second-order valence-electron chi connectivity index (χ2n) is 5.49. The summed E-state index contributed by atoms with van der Waals surface area (Å²) >= 11 is 0. The van der Waals surface area contributed by atoms with Crippen LogP contribution in [0, 0.1) is 0 Å². The third kappa shape index (κ3) is 3.13. The van der Waals surface area contributed by atoms with Crippen molar-refractivity contribution < 1.29 is 0 Å². The fourth-order valence-electron chi connectivity index (χ4n) is 3.19. The van der Waals surface area contributed by atoms with Crippen LogP contribution in [0.15, 0.2) is 16.9 Å². The highest BCUT2D eigenvalue weighted by atomic mass is 16.1. The number of hydrogen-bond donors (Lipinski definition) is 1. The maximum absolute atomic E-state index is 12.2. The summed E-state index contributed by atoms with van der Waals surface area (Å²) < 4.78 is 2.00. The van der Waals surface area contributed by atoms with Crippen LogP contribution < -0.4 is 10.9 Å². The quantitative estimate of drug-likeness (QED) is 0.861. The van der Waals surface area contributed by atoms with Gasteiger partial charge in [-0.2, -0.15) is 0 Å². The molecule has 0 fully saturated rings. The largest absolute Gasteiger partial charge is 0.313 e. The lowest BCUT2D eigenvalue weighted by atomic mass is 9.91. The molecular formula is C16H27N3O. The lowest BCUT2D eigenvalue weighted by Gasteiger charge is -2.28. The molecule has 1 aliphatic rings. The van der Waals surface area contributed by atoms with Gasteiger partial charge in [-0.25, -0.2) is 0 Å². The number of rotatable bonds is 6. The molecule has 1 aliphatic carbocycles. The first kappa shape index (κ1) is 15.3. The zero-order valence-corrected chi connectivity index (χ0v) is 13.0. The zero-order chi connectivity index (χ0) is 14.5. The molecule has 1 N–H and O–H groups in total. The Morgan fingerprint density at radius 1 is 1.35 bits per heavy atom. The maximum atomic E-state index is 12.2. The van der Waals surface area contributed by atoms with E-state index < -0.39 is 0 Å². The highest BCUT2D eigenvalue weighted by Gasteiger charge is 2.21. The molecule has 4 nitrogen and oxygen atoms in total. The van der Waals surface area contributed by atoms with Crippen molar-refractivity contribution in [2.24, 2.45) is 0 Å². The lowest BCUT2D eigenvalue weighted by molar-refractivity contribution is 0.286. The van der Waals surface area contributed by atoms with Gasteiger partial charge in [-0.1, -0.05) is 19.9 Å². The average molecular weight is 277 g/mol. The van der Waals surface area contributed by atoms with Gasteiger partial charge in [0.15, 0.2) is 0 Å². The van der Waals surface area contributed by atoms with Crippen LogP contribution in [0.2, 0.25) is 0 Å². The second-order valence-corrected chi connectivity index (χ2v) is 5.49. The molecule has 0 aliphatic heterocycles. The number of nitrogens with zero attached hydrogens (tertiary/aromatic N) is 2. The Morgan fingerprint density at radius 3 is 2.75 bits per heavy atom. The molecule has 0 saturated carbocycles. The van der Waals surface area contributed by atoms with Crippen molar-refractivity contribution in [1.29, 1.82) is 0 Å². The molecule has 1 aromatic rings. The van der Waals surface area contributed by atoms with Crippen LogP contribution in [0.5, 0.6) is 0 Å². The van der Waals surface area contributed by atoms with Crippen molar-refractivity contribution in [3.63, 3.8) is 0 Å². The topological polar surface area (TPSA) is 37.3 Å². The van der Waals surface area contributed by atoms with Crippen LogP contribution in [0.4, 0.5) is 0 Å². The Labute approximate surface area is 121 Å². The molecule has 0 aromatic carbocycles. The van der Waals surface area contributed by atoms with E-state index in [0.717, 1.165) is 45.4 Å². The molecule has 1 aromatic heterocycles. The van der Waals surface area contributed by atoms with Crippen molar-refractivity contribution in [2.45, 2.75) is 45.7 Å². The fraction of sp³-hybridized carbons (Fsp3) is 0.688. The molecule has 1 unspecified atom stereocenters. The Morgan fingerprint density at radius 2 is 2.10 bits per heavy atom. The molecule has 1 heterocycles. The van der Waals surface area contributed by atoms with Gasteiger partial charge in [-0.15, -0.1) is 0 Å². The first-order valence-corrected chi connectivity index (χ1v) is 7.83. The minimum Gasteiger partial charge on any atom is -0.313 e. The minimum atomic E-state index is 0.146. The van der Waals surface area contributed by atoms with Crippen molar-refractivity contribution in [3.8, 4) is 0 Å². The van der Waals surface area contributed by atoms with E-state index >= 15 is 0 Å². The fourth-order valence-corrected chi connectivity index (χ4v) is 3.19. The summed E-state index contributed by atoms with van der Waals surface area (Å²) in [5, 5.41) is 3.37. The molecular weight excluding hydrogens is 250 g/mol. The van der Waals surface area contributed by atoms with Crippen molar-refractivity contribution in [3.05, 3.63) is 33.7 Å². The highest BCUT2D eigenvalue weighted by Crippen LogP contribution is 2.28. The van der Waals surface area contributed by atoms with Crippen LogP contribution in [0.3, 0.4) is 0 Å². The molecule has 0 saturated heterocycles. The first-order valence-electron chi connectivity index (χ1n) is 7.83. The molecule has 0 radical (unpaired) electrons. The summed E-state index contributed by atoms with van der Waals surface area (Å²) in [5.41, 5.74) is 2.71. The van der Waals surface area contributed by atoms with Crippen LogP contribution >= 0.6 is 0 Å². The second kappa shape index (κ2) is 7.04. The van der Waals surface area contributed by atoms with E-state index in [0.29, 0.717) is 6.04 Å². The number of pyridine rings is 1. The third-order valence-electron chi connectivity index (χ3n) is 4.50. The number of hydrogen-bond acceptors (Lipinski definition) is 3. The van der Waals surface area contributed by atoms with Crippen LogP contribution in [0.1, 0.15) is 44.0 Å². The van der Waals surface area contributed by atoms with E-state index in [-0.39, 0.29) is 5.56 Å². The van der Waals surface area contributed by atoms with E-state index in [1.165, 1.54) is 11.3 Å². The molecule has 20 heavy (non-hydrogen) atoms. The smallest absolute Gasteiger partial charge is 0.250 e. The number of likely N-dealkylation sites (N-methyl/N-ethyl adjacent to an activating group) is 1. The Hall–Kier alpha value is -1.13. The summed E-state index contributed by atoms with van der Waals surface area (Å²) in [6.07, 6.45) is 3.35. The van der Waals surface area contributed by atoms with Crippen LogP contribution in [-0.4, -0.2) is 36.1 Å². The Bertz CT molecular complexity index is 491. The van der Waals surface area contributed by atoms with Crippen molar-refractivity contribution in [2.75, 3.05) is 26.7 Å². The average Bonchev–Trinajstić information content (AvgIpc) is 2.49. The van der Waals surface area contributed by atoms with Gasteiger partial charge in [0.1, 0.15) is 0 Å². The Kier molecular flexibility index (Phi) is 5.38. The summed E-state index contributed by atoms with van der Waals surface area (Å²) in [6.45, 7) is 8.18. The number of fused-ring (bicyclic) bond motifs is 1. The zero-order valence-electron chi connectivity index (χ0n) is 13.0. The van der Waals surface area contributed by atoms with E-state index in [1.807, 2.05) is 17.7 Å². The third-order valence-corrected chi connectivity index (χ3v) is 4.50. The van der Waals surface area contributed by atoms with Crippen molar-refractivity contribution >= 4 is 0 Å². The predicted octanol–water partition coefficient (Wildman–Crippen LogP) is 1.79. The van der Waals surface area contributed by atoms with Crippen molar-refractivity contribution in [1.82, 2.24) is 14.8 Å². The minimum absolute atomic E-state index is 0.146. The van der Waals surface area contributed by atoms with E-state index in [4.69, 9.17) is 0 Å². The van der Waals surface area contributed by atoms with Gasteiger partial charge >= 0.3 is 0 Å². The summed E-state index contributed by atoms with van der Waals surface area (Å²) in [6, 6.07) is 4.15. The van der Waals surface area contributed by atoms with Gasteiger partial charge in [-0.05, 0) is 45.0 Å². The molecule has 4 heteroatoms. The van der Waals surface area contributed by atoms with Gasteiger partial charge in [0.05, 0.1) is 0 Å².